The number of amides is 1. The summed E-state index contributed by atoms with van der Waals surface area (Å²) in [6.45, 7) is 4.83. The van der Waals surface area contributed by atoms with Crippen LogP contribution in [-0.2, 0) is 11.4 Å². The molecule has 1 unspecified atom stereocenters. The van der Waals surface area contributed by atoms with Gasteiger partial charge < -0.3 is 20.1 Å². The smallest absolute Gasteiger partial charge is 0.255 e. The van der Waals surface area contributed by atoms with E-state index in [2.05, 4.69) is 15.6 Å². The number of aromatic nitrogens is 4. The molecule has 0 bridgehead atoms. The molecule has 1 aliphatic heterocycles. The molecule has 2 aromatic heterocycles. The van der Waals surface area contributed by atoms with Crippen LogP contribution in [0.15, 0.2) is 115 Å². The van der Waals surface area contributed by atoms with Gasteiger partial charge in [0.25, 0.3) is 5.91 Å². The van der Waals surface area contributed by atoms with Gasteiger partial charge in [-0.25, -0.2) is 4.68 Å². The zero-order chi connectivity index (χ0) is 28.9. The van der Waals surface area contributed by atoms with Crippen molar-refractivity contribution >= 4 is 17.5 Å². The highest BCUT2D eigenvalue weighted by atomic mass is 16.5. The van der Waals surface area contributed by atoms with Crippen LogP contribution in [0.2, 0.25) is 0 Å². The van der Waals surface area contributed by atoms with Gasteiger partial charge in [0.2, 0.25) is 5.95 Å². The van der Waals surface area contributed by atoms with Crippen LogP contribution >= 0.6 is 0 Å². The summed E-state index contributed by atoms with van der Waals surface area (Å²) >= 11 is 0. The van der Waals surface area contributed by atoms with Gasteiger partial charge in [-0.3, -0.25) is 9.78 Å². The van der Waals surface area contributed by atoms with E-state index in [0.717, 1.165) is 22.4 Å². The molecule has 3 aromatic carbocycles. The first-order chi connectivity index (χ1) is 20.6. The number of fused-ring (bicyclic) bond motifs is 1. The summed E-state index contributed by atoms with van der Waals surface area (Å²) in [4.78, 5) is 22.7. The Balaban J connectivity index is 1.38. The van der Waals surface area contributed by atoms with E-state index in [4.69, 9.17) is 19.6 Å². The normalized spacial score (nSPS) is 14.1. The summed E-state index contributed by atoms with van der Waals surface area (Å²) in [5, 5.41) is 11.2. The molecular weight excluding hydrogens is 528 g/mol. The Hall–Kier alpha value is -5.44. The van der Waals surface area contributed by atoms with Gasteiger partial charge >= 0.3 is 0 Å². The fourth-order valence-corrected chi connectivity index (χ4v) is 4.89. The quantitative estimate of drug-likeness (QED) is 0.221. The average molecular weight is 559 g/mol. The lowest BCUT2D eigenvalue weighted by Crippen LogP contribution is -2.31. The molecule has 2 N–H and O–H groups in total. The van der Waals surface area contributed by atoms with E-state index >= 15 is 0 Å². The first kappa shape index (κ1) is 26.8. The number of benzene rings is 3. The number of nitrogens with zero attached hydrogens (tertiary/aromatic N) is 4. The molecule has 9 heteroatoms. The average Bonchev–Trinajstić information content (AvgIpc) is 3.44. The highest BCUT2D eigenvalue weighted by molar-refractivity contribution is 6.06. The molecule has 1 aliphatic rings. The fourth-order valence-electron chi connectivity index (χ4n) is 4.89. The third-order valence-electron chi connectivity index (χ3n) is 6.86. The zero-order valence-corrected chi connectivity index (χ0v) is 23.3. The van der Waals surface area contributed by atoms with Gasteiger partial charge in [-0.15, -0.1) is 5.10 Å². The molecule has 9 nitrogen and oxygen atoms in total. The Morgan fingerprint density at radius 2 is 1.79 bits per heavy atom. The van der Waals surface area contributed by atoms with Gasteiger partial charge in [0, 0.05) is 17.5 Å². The predicted octanol–water partition coefficient (Wildman–Crippen LogP) is 6.25. The molecule has 6 rings (SSSR count). The number of allylic oxidation sites excluding steroid dienone is 1. The second-order valence-corrected chi connectivity index (χ2v) is 9.77. The largest absolute Gasteiger partial charge is 0.494 e. The highest BCUT2D eigenvalue weighted by Crippen LogP contribution is 2.38. The van der Waals surface area contributed by atoms with E-state index in [0.29, 0.717) is 47.7 Å². The van der Waals surface area contributed by atoms with E-state index in [1.54, 1.807) is 29.2 Å². The summed E-state index contributed by atoms with van der Waals surface area (Å²) in [7, 11) is 0. The van der Waals surface area contributed by atoms with Crippen LogP contribution < -0.4 is 20.1 Å². The van der Waals surface area contributed by atoms with E-state index in [-0.39, 0.29) is 5.91 Å². The Bertz CT molecular complexity index is 1720. The minimum Gasteiger partial charge on any atom is -0.494 e. The summed E-state index contributed by atoms with van der Waals surface area (Å²) in [5.74, 6) is 2.27. The molecule has 3 heterocycles. The van der Waals surface area contributed by atoms with Crippen molar-refractivity contribution in [1.29, 1.82) is 0 Å². The van der Waals surface area contributed by atoms with Gasteiger partial charge in [-0.2, -0.15) is 4.98 Å². The molecule has 42 heavy (non-hydrogen) atoms. The molecule has 0 spiro atoms. The van der Waals surface area contributed by atoms with Crippen LogP contribution in [0.1, 0.15) is 31.0 Å². The van der Waals surface area contributed by atoms with E-state index in [1.807, 2.05) is 92.7 Å². The molecule has 1 atom stereocenters. The molecular formula is C33H30N6O3. The lowest BCUT2D eigenvalue weighted by Gasteiger charge is -2.29. The van der Waals surface area contributed by atoms with E-state index in [1.165, 1.54) is 0 Å². The van der Waals surface area contributed by atoms with Crippen molar-refractivity contribution in [3.63, 3.8) is 0 Å². The van der Waals surface area contributed by atoms with Crippen molar-refractivity contribution in [2.75, 3.05) is 17.2 Å². The zero-order valence-electron chi connectivity index (χ0n) is 23.3. The summed E-state index contributed by atoms with van der Waals surface area (Å²) in [5.41, 5.74) is 4.52. The fraction of sp³-hybridized carbons (Fsp3) is 0.152. The number of hydrogen-bond acceptors (Lipinski definition) is 7. The molecule has 0 saturated carbocycles. The molecule has 0 radical (unpaired) electrons. The first-order valence-corrected chi connectivity index (χ1v) is 13.7. The van der Waals surface area contributed by atoms with E-state index < -0.39 is 6.04 Å². The van der Waals surface area contributed by atoms with Gasteiger partial charge in [0.05, 0.1) is 24.1 Å². The second-order valence-electron chi connectivity index (χ2n) is 9.77. The minimum atomic E-state index is -0.567. The summed E-state index contributed by atoms with van der Waals surface area (Å²) in [6, 6.07) is 28.4. The number of carbonyl (C=O) groups excluding carboxylic acids is 1. The maximum atomic E-state index is 13.8. The van der Waals surface area contributed by atoms with Gasteiger partial charge in [0.15, 0.2) is 5.82 Å². The first-order valence-electron chi connectivity index (χ1n) is 13.7. The maximum Gasteiger partial charge on any atom is 0.255 e. The third-order valence-corrected chi connectivity index (χ3v) is 6.86. The summed E-state index contributed by atoms with van der Waals surface area (Å²) < 4.78 is 13.5. The Kier molecular flexibility index (Phi) is 7.63. The van der Waals surface area contributed by atoms with Crippen molar-refractivity contribution in [2.45, 2.75) is 26.5 Å². The van der Waals surface area contributed by atoms with Gasteiger partial charge in [0.1, 0.15) is 24.1 Å². The van der Waals surface area contributed by atoms with Gasteiger partial charge in [-0.1, -0.05) is 42.5 Å². The van der Waals surface area contributed by atoms with Crippen LogP contribution in [-0.4, -0.2) is 32.3 Å². The number of ether oxygens (including phenoxy) is 2. The topological polar surface area (TPSA) is 103 Å². The van der Waals surface area contributed by atoms with Crippen LogP contribution in [0.4, 0.5) is 11.6 Å². The molecule has 1 amide bonds. The van der Waals surface area contributed by atoms with Crippen molar-refractivity contribution in [2.24, 2.45) is 0 Å². The minimum absolute atomic E-state index is 0.266. The van der Waals surface area contributed by atoms with Crippen molar-refractivity contribution in [3.8, 4) is 22.9 Å². The maximum absolute atomic E-state index is 13.8. The molecule has 0 saturated heterocycles. The number of pyridine rings is 1. The highest BCUT2D eigenvalue weighted by Gasteiger charge is 2.34. The van der Waals surface area contributed by atoms with Crippen molar-refractivity contribution < 1.29 is 14.3 Å². The van der Waals surface area contributed by atoms with Crippen LogP contribution in [0.25, 0.3) is 11.4 Å². The number of carbonyl (C=O) groups is 1. The van der Waals surface area contributed by atoms with Crippen LogP contribution in [0.3, 0.4) is 0 Å². The molecule has 5 aromatic rings. The Morgan fingerprint density at radius 1 is 0.952 bits per heavy atom. The lowest BCUT2D eigenvalue weighted by atomic mass is 9.95. The molecule has 0 aliphatic carbocycles. The van der Waals surface area contributed by atoms with Crippen molar-refractivity contribution in [3.05, 3.63) is 126 Å². The SMILES string of the molecule is CCOc1ccc(-c2nc3n(n2)C(c2cccc(OCc4ccccc4)c2)C(C(=O)Nc2cccnc2)=C(C)N3)cc1. The Labute approximate surface area is 243 Å². The predicted molar refractivity (Wildman–Crippen MR) is 161 cm³/mol. The van der Waals surface area contributed by atoms with Crippen molar-refractivity contribution in [1.82, 2.24) is 19.7 Å². The number of nitrogens with one attached hydrogen (secondary N) is 2. The van der Waals surface area contributed by atoms with E-state index in [9.17, 15) is 4.79 Å². The number of anilines is 2. The lowest BCUT2D eigenvalue weighted by molar-refractivity contribution is -0.113. The van der Waals surface area contributed by atoms with Crippen LogP contribution in [0.5, 0.6) is 11.5 Å². The van der Waals surface area contributed by atoms with Crippen LogP contribution in [0, 0.1) is 0 Å². The van der Waals surface area contributed by atoms with Gasteiger partial charge in [-0.05, 0) is 73.5 Å². The Morgan fingerprint density at radius 3 is 2.55 bits per heavy atom. The number of rotatable bonds is 9. The molecule has 210 valence electrons. The summed E-state index contributed by atoms with van der Waals surface area (Å²) in [6.07, 6.45) is 3.28. The number of hydrogen-bond donors (Lipinski definition) is 2. The monoisotopic (exact) mass is 558 g/mol. The second kappa shape index (κ2) is 12.0. The molecule has 0 fully saturated rings. The third kappa shape index (κ3) is 5.71. The standard InChI is InChI=1S/C33H30N6O3/c1-3-41-27-16-14-24(15-17-27)31-37-33-35-22(2)29(32(40)36-26-12-8-18-34-20-26)30(39(33)38-31)25-11-7-13-28(19-25)42-21-23-9-5-4-6-10-23/h4-20,30H,3,21H2,1-2H3,(H,36,40)(H,35,37,38).